The van der Waals surface area contributed by atoms with Crippen molar-refractivity contribution in [2.24, 2.45) is 0 Å². The van der Waals surface area contributed by atoms with Crippen molar-refractivity contribution in [1.29, 1.82) is 0 Å². The number of aliphatic hydroxyl groups excluding tert-OH is 1. The van der Waals surface area contributed by atoms with E-state index in [9.17, 15) is 4.79 Å². The molecule has 6 heteroatoms. The SMILES string of the molecule is CCNC1C(=O)Nc2cc(OCCO)c(Br)cc21. The molecule has 5 nitrogen and oxygen atoms in total. The van der Waals surface area contributed by atoms with Crippen molar-refractivity contribution in [3.8, 4) is 5.75 Å². The Labute approximate surface area is 114 Å². The molecular formula is C12H15BrN2O3. The van der Waals surface area contributed by atoms with E-state index in [1.807, 2.05) is 13.0 Å². The Balaban J connectivity index is 2.29. The van der Waals surface area contributed by atoms with Gasteiger partial charge in [-0.15, -0.1) is 0 Å². The van der Waals surface area contributed by atoms with E-state index >= 15 is 0 Å². The molecule has 0 radical (unpaired) electrons. The lowest BCUT2D eigenvalue weighted by molar-refractivity contribution is -0.117. The van der Waals surface area contributed by atoms with Gasteiger partial charge in [0, 0.05) is 17.3 Å². The average molecular weight is 315 g/mol. The average Bonchev–Trinajstić information content (AvgIpc) is 2.64. The fraction of sp³-hybridized carbons (Fsp3) is 0.417. The monoisotopic (exact) mass is 314 g/mol. The van der Waals surface area contributed by atoms with Crippen LogP contribution in [0, 0.1) is 0 Å². The van der Waals surface area contributed by atoms with Crippen molar-refractivity contribution < 1.29 is 14.6 Å². The molecule has 2 rings (SSSR count). The van der Waals surface area contributed by atoms with E-state index in [4.69, 9.17) is 9.84 Å². The first-order chi connectivity index (χ1) is 8.67. The van der Waals surface area contributed by atoms with Crippen molar-refractivity contribution >= 4 is 27.5 Å². The van der Waals surface area contributed by atoms with Gasteiger partial charge in [0.05, 0.1) is 11.1 Å². The second-order valence-corrected chi connectivity index (χ2v) is 4.78. The molecule has 1 aliphatic heterocycles. The zero-order valence-electron chi connectivity index (χ0n) is 10.00. The Hall–Kier alpha value is -1.11. The maximum Gasteiger partial charge on any atom is 0.246 e. The summed E-state index contributed by atoms with van der Waals surface area (Å²) < 4.78 is 6.15. The highest BCUT2D eigenvalue weighted by Crippen LogP contribution is 2.38. The summed E-state index contributed by atoms with van der Waals surface area (Å²) in [5.74, 6) is 0.554. The zero-order valence-corrected chi connectivity index (χ0v) is 11.6. The third kappa shape index (κ3) is 2.50. The predicted molar refractivity (Wildman–Crippen MR) is 71.8 cm³/mol. The van der Waals surface area contributed by atoms with Crippen LogP contribution in [0.1, 0.15) is 18.5 Å². The van der Waals surface area contributed by atoms with E-state index < -0.39 is 0 Å². The van der Waals surface area contributed by atoms with Gasteiger partial charge < -0.3 is 20.5 Å². The molecule has 18 heavy (non-hydrogen) atoms. The molecule has 0 aromatic heterocycles. The van der Waals surface area contributed by atoms with Gasteiger partial charge in [-0.05, 0) is 28.5 Å². The number of carbonyl (C=O) groups is 1. The predicted octanol–water partition coefficient (Wildman–Crippen LogP) is 1.42. The van der Waals surface area contributed by atoms with Crippen LogP contribution in [0.25, 0.3) is 0 Å². The highest BCUT2D eigenvalue weighted by molar-refractivity contribution is 9.10. The molecule has 0 saturated heterocycles. The molecule has 98 valence electrons. The van der Waals surface area contributed by atoms with E-state index in [1.165, 1.54) is 0 Å². The topological polar surface area (TPSA) is 70.6 Å². The van der Waals surface area contributed by atoms with Crippen LogP contribution in [0.15, 0.2) is 16.6 Å². The highest BCUT2D eigenvalue weighted by Gasteiger charge is 2.30. The normalized spacial score (nSPS) is 17.5. The van der Waals surface area contributed by atoms with E-state index in [-0.39, 0.29) is 25.2 Å². The van der Waals surface area contributed by atoms with Gasteiger partial charge in [0.2, 0.25) is 5.91 Å². The maximum atomic E-state index is 11.8. The molecule has 0 spiro atoms. The first kappa shape index (κ1) is 13.3. The molecule has 1 heterocycles. The number of amides is 1. The summed E-state index contributed by atoms with van der Waals surface area (Å²) in [4.78, 5) is 11.8. The Kier molecular flexibility index (Phi) is 4.21. The van der Waals surface area contributed by atoms with E-state index in [1.54, 1.807) is 6.07 Å². The third-order valence-corrected chi connectivity index (χ3v) is 3.31. The van der Waals surface area contributed by atoms with E-state index in [2.05, 4.69) is 26.6 Å². The molecule has 1 aromatic rings. The number of carbonyl (C=O) groups excluding carboxylic acids is 1. The Morgan fingerprint density at radius 2 is 2.33 bits per heavy atom. The van der Waals surface area contributed by atoms with Gasteiger partial charge >= 0.3 is 0 Å². The van der Waals surface area contributed by atoms with Crippen LogP contribution in [0.2, 0.25) is 0 Å². The minimum atomic E-state index is -0.312. The van der Waals surface area contributed by atoms with Crippen LogP contribution in [-0.2, 0) is 4.79 Å². The fourth-order valence-electron chi connectivity index (χ4n) is 1.93. The summed E-state index contributed by atoms with van der Waals surface area (Å²) in [6.07, 6.45) is 0. The largest absolute Gasteiger partial charge is 0.490 e. The van der Waals surface area contributed by atoms with Crippen molar-refractivity contribution in [2.45, 2.75) is 13.0 Å². The van der Waals surface area contributed by atoms with Gasteiger partial charge in [0.1, 0.15) is 18.4 Å². The first-order valence-corrected chi connectivity index (χ1v) is 6.58. The van der Waals surface area contributed by atoms with Crippen LogP contribution >= 0.6 is 15.9 Å². The smallest absolute Gasteiger partial charge is 0.246 e. The number of nitrogens with one attached hydrogen (secondary N) is 2. The number of likely N-dealkylation sites (N-methyl/N-ethyl adjacent to an activating group) is 1. The summed E-state index contributed by atoms with van der Waals surface area (Å²) in [6, 6.07) is 3.32. The number of aliphatic hydroxyl groups is 1. The van der Waals surface area contributed by atoms with Crippen LogP contribution in [-0.4, -0.2) is 30.8 Å². The molecule has 0 saturated carbocycles. The molecule has 3 N–H and O–H groups in total. The van der Waals surface area contributed by atoms with Crippen LogP contribution < -0.4 is 15.4 Å². The Bertz CT molecular complexity index is 465. The van der Waals surface area contributed by atoms with Crippen LogP contribution in [0.5, 0.6) is 5.75 Å². The highest BCUT2D eigenvalue weighted by atomic mass is 79.9. The third-order valence-electron chi connectivity index (χ3n) is 2.69. The summed E-state index contributed by atoms with van der Waals surface area (Å²) in [5, 5.41) is 14.7. The molecule has 0 aliphatic carbocycles. The molecule has 0 fully saturated rings. The number of fused-ring (bicyclic) bond motifs is 1. The molecule has 0 bridgehead atoms. The number of hydrogen-bond donors (Lipinski definition) is 3. The quantitative estimate of drug-likeness (QED) is 0.769. The van der Waals surface area contributed by atoms with Gasteiger partial charge in [-0.3, -0.25) is 4.79 Å². The number of benzene rings is 1. The molecular weight excluding hydrogens is 300 g/mol. The lowest BCUT2D eigenvalue weighted by Gasteiger charge is -2.12. The molecule has 1 aliphatic rings. The minimum Gasteiger partial charge on any atom is -0.490 e. The molecule has 1 atom stereocenters. The Morgan fingerprint density at radius 3 is 3.00 bits per heavy atom. The standard InChI is InChI=1S/C12H15BrN2O3/c1-2-14-11-7-5-8(13)10(18-4-3-16)6-9(7)15-12(11)17/h5-6,11,14,16H,2-4H2,1H3,(H,15,17). The van der Waals surface area contributed by atoms with Gasteiger partial charge in [-0.1, -0.05) is 6.92 Å². The van der Waals surface area contributed by atoms with Crippen molar-refractivity contribution in [2.75, 3.05) is 25.1 Å². The fourth-order valence-corrected chi connectivity index (χ4v) is 2.41. The lowest BCUT2D eigenvalue weighted by atomic mass is 10.1. The molecule has 1 aromatic carbocycles. The summed E-state index contributed by atoms with van der Waals surface area (Å²) in [7, 11) is 0. The van der Waals surface area contributed by atoms with Crippen molar-refractivity contribution in [1.82, 2.24) is 5.32 Å². The van der Waals surface area contributed by atoms with Crippen molar-refractivity contribution in [3.63, 3.8) is 0 Å². The van der Waals surface area contributed by atoms with Gasteiger partial charge in [0.25, 0.3) is 0 Å². The maximum absolute atomic E-state index is 11.8. The molecule has 1 amide bonds. The number of hydrogen-bond acceptors (Lipinski definition) is 4. The lowest BCUT2D eigenvalue weighted by Crippen LogP contribution is -2.27. The van der Waals surface area contributed by atoms with Crippen LogP contribution in [0.4, 0.5) is 5.69 Å². The second kappa shape index (κ2) is 5.69. The zero-order chi connectivity index (χ0) is 13.1. The summed E-state index contributed by atoms with van der Waals surface area (Å²) >= 11 is 3.41. The number of anilines is 1. The van der Waals surface area contributed by atoms with E-state index in [0.29, 0.717) is 5.75 Å². The second-order valence-electron chi connectivity index (χ2n) is 3.92. The Morgan fingerprint density at radius 1 is 1.56 bits per heavy atom. The first-order valence-electron chi connectivity index (χ1n) is 5.78. The number of ether oxygens (including phenoxy) is 1. The minimum absolute atomic E-state index is 0.0457. The van der Waals surface area contributed by atoms with Gasteiger partial charge in [0.15, 0.2) is 0 Å². The van der Waals surface area contributed by atoms with E-state index in [0.717, 1.165) is 22.3 Å². The van der Waals surface area contributed by atoms with Gasteiger partial charge in [-0.2, -0.15) is 0 Å². The summed E-state index contributed by atoms with van der Waals surface area (Å²) in [5.41, 5.74) is 1.66. The van der Waals surface area contributed by atoms with Crippen LogP contribution in [0.3, 0.4) is 0 Å². The van der Waals surface area contributed by atoms with Gasteiger partial charge in [-0.25, -0.2) is 0 Å². The number of rotatable bonds is 5. The summed E-state index contributed by atoms with van der Waals surface area (Å²) in [6.45, 7) is 2.86. The number of halogens is 1. The van der Waals surface area contributed by atoms with Crippen molar-refractivity contribution in [3.05, 3.63) is 22.2 Å². The molecule has 1 unspecified atom stereocenters.